The number of thiazole rings is 1. The van der Waals surface area contributed by atoms with Crippen molar-refractivity contribution >= 4 is 28.8 Å². The molecule has 0 unspecified atom stereocenters. The summed E-state index contributed by atoms with van der Waals surface area (Å²) < 4.78 is 1.29. The first-order valence-electron chi connectivity index (χ1n) is 11.5. The molecule has 1 N–H and O–H groups in total. The van der Waals surface area contributed by atoms with Gasteiger partial charge in [0.25, 0.3) is 17.4 Å². The predicted octanol–water partition coefficient (Wildman–Crippen LogP) is 4.10. The number of benzene rings is 1. The maximum absolute atomic E-state index is 13.0. The number of rotatable bonds is 4. The summed E-state index contributed by atoms with van der Waals surface area (Å²) >= 11 is 1.19. The predicted molar refractivity (Wildman–Crippen MR) is 134 cm³/mol. The molecule has 3 aromatic rings. The van der Waals surface area contributed by atoms with Gasteiger partial charge in [0.1, 0.15) is 9.88 Å². The summed E-state index contributed by atoms with van der Waals surface area (Å²) in [6.45, 7) is 7.02. The molecule has 0 bridgehead atoms. The Morgan fingerprint density at radius 1 is 0.971 bits per heavy atom. The topological polar surface area (TPSA) is 97.2 Å². The number of carbonyl (C=O) groups is 2. The van der Waals surface area contributed by atoms with Crippen LogP contribution in [0.15, 0.2) is 29.1 Å². The zero-order chi connectivity index (χ0) is 24.4. The molecule has 2 amide bonds. The summed E-state index contributed by atoms with van der Waals surface area (Å²) in [6.07, 6.45) is 4.42. The molecule has 1 saturated heterocycles. The van der Waals surface area contributed by atoms with Crippen LogP contribution in [0.4, 0.5) is 5.69 Å². The lowest BCUT2D eigenvalue weighted by atomic mass is 10.1. The number of aryl methyl sites for hydroxylation is 3. The molecule has 34 heavy (non-hydrogen) atoms. The van der Waals surface area contributed by atoms with Gasteiger partial charge in [0.05, 0.1) is 17.0 Å². The van der Waals surface area contributed by atoms with Crippen molar-refractivity contribution in [2.24, 2.45) is 7.05 Å². The van der Waals surface area contributed by atoms with Crippen molar-refractivity contribution in [1.29, 1.82) is 0 Å². The molecular formula is C25H29N5O3S. The lowest BCUT2D eigenvalue weighted by Crippen LogP contribution is -2.31. The van der Waals surface area contributed by atoms with Crippen molar-refractivity contribution in [2.45, 2.75) is 46.5 Å². The smallest absolute Gasteiger partial charge is 0.277 e. The standard InChI is InChI=1S/C25H29N5O3S/c1-15-16(2)28-29(4)25(33)20(15)23-26-17(3)21(34-23)22(31)27-19-11-9-18(10-12-19)24(32)30-13-7-5-6-8-14-30/h9-12H,5-8,13-14H2,1-4H3,(H,27,31). The van der Waals surface area contributed by atoms with Gasteiger partial charge in [0.2, 0.25) is 0 Å². The quantitative estimate of drug-likeness (QED) is 0.608. The third kappa shape index (κ3) is 4.79. The molecule has 9 heteroatoms. The Morgan fingerprint density at radius 2 is 1.62 bits per heavy atom. The second-order valence-electron chi connectivity index (χ2n) is 8.69. The maximum atomic E-state index is 13.0. The van der Waals surface area contributed by atoms with Gasteiger partial charge in [-0.3, -0.25) is 14.4 Å². The molecule has 1 aliphatic rings. The average Bonchev–Trinajstić information content (AvgIpc) is 3.01. The molecule has 1 fully saturated rings. The van der Waals surface area contributed by atoms with Crippen molar-refractivity contribution in [3.63, 3.8) is 0 Å². The number of carbonyl (C=O) groups excluding carboxylic acids is 2. The largest absolute Gasteiger partial charge is 0.339 e. The highest BCUT2D eigenvalue weighted by atomic mass is 32.1. The van der Waals surface area contributed by atoms with Crippen LogP contribution < -0.4 is 10.9 Å². The van der Waals surface area contributed by atoms with E-state index < -0.39 is 0 Å². The molecule has 0 spiro atoms. The van der Waals surface area contributed by atoms with Crippen LogP contribution in [-0.4, -0.2) is 44.6 Å². The van der Waals surface area contributed by atoms with Gasteiger partial charge in [-0.25, -0.2) is 9.67 Å². The van der Waals surface area contributed by atoms with E-state index in [1.54, 1.807) is 38.2 Å². The highest BCUT2D eigenvalue weighted by Crippen LogP contribution is 2.29. The van der Waals surface area contributed by atoms with Crippen LogP contribution in [0.5, 0.6) is 0 Å². The van der Waals surface area contributed by atoms with Gasteiger partial charge in [0.15, 0.2) is 0 Å². The van der Waals surface area contributed by atoms with E-state index in [9.17, 15) is 14.4 Å². The molecule has 178 valence electrons. The minimum absolute atomic E-state index is 0.0346. The van der Waals surface area contributed by atoms with Crippen molar-refractivity contribution in [1.82, 2.24) is 19.7 Å². The highest BCUT2D eigenvalue weighted by Gasteiger charge is 2.22. The van der Waals surface area contributed by atoms with Crippen molar-refractivity contribution in [3.05, 3.63) is 62.0 Å². The average molecular weight is 480 g/mol. The first-order chi connectivity index (χ1) is 16.3. The number of amides is 2. The minimum Gasteiger partial charge on any atom is -0.339 e. The number of hydrogen-bond acceptors (Lipinski definition) is 6. The van der Waals surface area contributed by atoms with E-state index in [0.717, 1.165) is 37.2 Å². The summed E-state index contributed by atoms with van der Waals surface area (Å²) in [7, 11) is 1.60. The van der Waals surface area contributed by atoms with E-state index in [4.69, 9.17) is 0 Å². The molecule has 1 aromatic carbocycles. The van der Waals surface area contributed by atoms with Crippen molar-refractivity contribution < 1.29 is 9.59 Å². The van der Waals surface area contributed by atoms with E-state index in [-0.39, 0.29) is 17.4 Å². The highest BCUT2D eigenvalue weighted by molar-refractivity contribution is 7.17. The molecule has 0 atom stereocenters. The van der Waals surface area contributed by atoms with Gasteiger partial charge in [-0.2, -0.15) is 5.10 Å². The fourth-order valence-corrected chi connectivity index (χ4v) is 5.21. The molecule has 2 aromatic heterocycles. The summed E-state index contributed by atoms with van der Waals surface area (Å²) in [5, 5.41) is 7.59. The van der Waals surface area contributed by atoms with Crippen LogP contribution in [0.1, 0.15) is 62.7 Å². The number of anilines is 1. The SMILES string of the molecule is Cc1nc(-c2c(C)c(C)nn(C)c2=O)sc1C(=O)Nc1ccc(C(=O)N2CCCCCC2)cc1. The molecule has 4 rings (SSSR count). The number of aromatic nitrogens is 3. The van der Waals surface area contributed by atoms with Crippen LogP contribution in [0, 0.1) is 20.8 Å². The van der Waals surface area contributed by atoms with E-state index in [2.05, 4.69) is 15.4 Å². The second kappa shape index (κ2) is 9.89. The van der Waals surface area contributed by atoms with Crippen LogP contribution in [-0.2, 0) is 7.05 Å². The molecule has 8 nitrogen and oxygen atoms in total. The zero-order valence-electron chi connectivity index (χ0n) is 20.0. The Morgan fingerprint density at radius 3 is 2.26 bits per heavy atom. The summed E-state index contributed by atoms with van der Waals surface area (Å²) in [5.41, 5.74) is 3.50. The second-order valence-corrected chi connectivity index (χ2v) is 9.68. The molecule has 1 aliphatic heterocycles. The Labute approximate surface area is 202 Å². The third-order valence-electron chi connectivity index (χ3n) is 6.23. The van der Waals surface area contributed by atoms with E-state index in [1.165, 1.54) is 28.9 Å². The Kier molecular flexibility index (Phi) is 6.92. The van der Waals surface area contributed by atoms with Crippen LogP contribution >= 0.6 is 11.3 Å². The van der Waals surface area contributed by atoms with Gasteiger partial charge in [-0.15, -0.1) is 11.3 Å². The Bertz CT molecular complexity index is 1290. The molecule has 0 aliphatic carbocycles. The first-order valence-corrected chi connectivity index (χ1v) is 12.3. The van der Waals surface area contributed by atoms with Crippen LogP contribution in [0.3, 0.4) is 0 Å². The summed E-state index contributed by atoms with van der Waals surface area (Å²) in [5.74, 6) is -0.264. The lowest BCUT2D eigenvalue weighted by molar-refractivity contribution is 0.0761. The molecule has 0 radical (unpaired) electrons. The minimum atomic E-state index is -0.298. The number of nitrogens with one attached hydrogen (secondary N) is 1. The number of hydrogen-bond donors (Lipinski definition) is 1. The first kappa shape index (κ1) is 23.8. The molecular weight excluding hydrogens is 450 g/mol. The van der Waals surface area contributed by atoms with Crippen molar-refractivity contribution in [3.8, 4) is 10.6 Å². The normalized spacial score (nSPS) is 14.1. The van der Waals surface area contributed by atoms with Gasteiger partial charge in [-0.1, -0.05) is 12.8 Å². The van der Waals surface area contributed by atoms with Gasteiger partial charge < -0.3 is 10.2 Å². The van der Waals surface area contributed by atoms with Crippen LogP contribution in [0.25, 0.3) is 10.6 Å². The van der Waals surface area contributed by atoms with Gasteiger partial charge in [0, 0.05) is 31.4 Å². The zero-order valence-corrected chi connectivity index (χ0v) is 20.8. The van der Waals surface area contributed by atoms with E-state index >= 15 is 0 Å². The van der Waals surface area contributed by atoms with Gasteiger partial charge in [-0.05, 0) is 63.4 Å². The summed E-state index contributed by atoms with van der Waals surface area (Å²) in [6, 6.07) is 6.99. The number of likely N-dealkylation sites (tertiary alicyclic amines) is 1. The van der Waals surface area contributed by atoms with Gasteiger partial charge >= 0.3 is 0 Å². The monoisotopic (exact) mass is 479 g/mol. The third-order valence-corrected chi connectivity index (χ3v) is 7.40. The Balaban J connectivity index is 1.51. The number of nitrogens with zero attached hydrogens (tertiary/aromatic N) is 4. The molecule has 0 saturated carbocycles. The maximum Gasteiger partial charge on any atom is 0.277 e. The fourth-order valence-electron chi connectivity index (χ4n) is 4.15. The molecule has 3 heterocycles. The van der Waals surface area contributed by atoms with E-state index in [1.807, 2.05) is 18.7 Å². The summed E-state index contributed by atoms with van der Waals surface area (Å²) in [4.78, 5) is 45.3. The van der Waals surface area contributed by atoms with E-state index in [0.29, 0.717) is 32.4 Å². The van der Waals surface area contributed by atoms with Crippen molar-refractivity contribution in [2.75, 3.05) is 18.4 Å². The Hall–Kier alpha value is -3.33. The fraction of sp³-hybridized carbons (Fsp3) is 0.400. The lowest BCUT2D eigenvalue weighted by Gasteiger charge is -2.20. The van der Waals surface area contributed by atoms with Crippen LogP contribution in [0.2, 0.25) is 0 Å².